The van der Waals surface area contributed by atoms with Crippen LogP contribution in [0.5, 0.6) is 0 Å². The highest BCUT2D eigenvalue weighted by Gasteiger charge is 2.14. The Hall–Kier alpha value is -2.16. The maximum absolute atomic E-state index is 4.60. The molecule has 0 aliphatic rings. The van der Waals surface area contributed by atoms with Gasteiger partial charge in [0.25, 0.3) is 0 Å². The minimum Gasteiger partial charge on any atom is -0.372 e. The SMILES string of the molecule is C/C=C(/c1cccnc1-c1ccncc1)N(CC)CCC. The van der Waals surface area contributed by atoms with Crippen molar-refractivity contribution in [2.24, 2.45) is 0 Å². The molecule has 2 heterocycles. The molecule has 0 bridgehead atoms. The smallest absolute Gasteiger partial charge is 0.0796 e. The quantitative estimate of drug-likeness (QED) is 0.793. The molecule has 0 aliphatic heterocycles. The van der Waals surface area contributed by atoms with Crippen LogP contribution >= 0.6 is 0 Å². The van der Waals surface area contributed by atoms with Crippen molar-refractivity contribution in [3.05, 3.63) is 54.5 Å². The van der Waals surface area contributed by atoms with Crippen LogP contribution in [0.25, 0.3) is 17.0 Å². The van der Waals surface area contributed by atoms with Gasteiger partial charge in [0.2, 0.25) is 0 Å². The fraction of sp³-hybridized carbons (Fsp3) is 0.333. The topological polar surface area (TPSA) is 29.0 Å². The lowest BCUT2D eigenvalue weighted by Crippen LogP contribution is -2.23. The second-order valence-corrected chi connectivity index (χ2v) is 4.89. The number of hydrogen-bond acceptors (Lipinski definition) is 3. The van der Waals surface area contributed by atoms with Crippen LogP contribution in [0, 0.1) is 0 Å². The lowest BCUT2D eigenvalue weighted by atomic mass is 10.0. The molecular weight excluding hydrogens is 258 g/mol. The Labute approximate surface area is 127 Å². The average Bonchev–Trinajstić information content (AvgIpc) is 2.56. The summed E-state index contributed by atoms with van der Waals surface area (Å²) in [5.74, 6) is 0. The minimum absolute atomic E-state index is 0.998. The van der Waals surface area contributed by atoms with Crippen LogP contribution in [0.4, 0.5) is 0 Å². The van der Waals surface area contributed by atoms with Gasteiger partial charge in [0.05, 0.1) is 5.69 Å². The van der Waals surface area contributed by atoms with E-state index in [9.17, 15) is 0 Å². The molecule has 0 amide bonds. The normalized spacial score (nSPS) is 11.5. The molecule has 0 spiro atoms. The molecule has 0 aliphatic carbocycles. The van der Waals surface area contributed by atoms with Crippen molar-refractivity contribution in [1.82, 2.24) is 14.9 Å². The molecule has 21 heavy (non-hydrogen) atoms. The Bertz CT molecular complexity index is 590. The minimum atomic E-state index is 0.998. The van der Waals surface area contributed by atoms with E-state index >= 15 is 0 Å². The van der Waals surface area contributed by atoms with Crippen LogP contribution in [0.3, 0.4) is 0 Å². The van der Waals surface area contributed by atoms with E-state index in [0.29, 0.717) is 0 Å². The van der Waals surface area contributed by atoms with Crippen LogP contribution in [0.15, 0.2) is 48.9 Å². The Morgan fingerprint density at radius 2 is 1.90 bits per heavy atom. The molecule has 3 heteroatoms. The molecule has 2 rings (SSSR count). The van der Waals surface area contributed by atoms with Gasteiger partial charge >= 0.3 is 0 Å². The molecule has 2 aromatic rings. The van der Waals surface area contributed by atoms with Gasteiger partial charge in [-0.25, -0.2) is 0 Å². The molecule has 3 nitrogen and oxygen atoms in total. The molecule has 0 atom stereocenters. The van der Waals surface area contributed by atoms with Gasteiger partial charge in [0, 0.05) is 48.5 Å². The van der Waals surface area contributed by atoms with Crippen molar-refractivity contribution in [3.8, 4) is 11.3 Å². The van der Waals surface area contributed by atoms with Crippen LogP contribution in [-0.2, 0) is 0 Å². The van der Waals surface area contributed by atoms with Crippen molar-refractivity contribution >= 4 is 5.70 Å². The highest BCUT2D eigenvalue weighted by Crippen LogP contribution is 2.28. The van der Waals surface area contributed by atoms with Gasteiger partial charge in [-0.05, 0) is 44.5 Å². The van der Waals surface area contributed by atoms with Gasteiger partial charge in [0.1, 0.15) is 0 Å². The number of rotatable bonds is 6. The van der Waals surface area contributed by atoms with E-state index in [1.54, 1.807) is 0 Å². The predicted molar refractivity (Wildman–Crippen MR) is 88.7 cm³/mol. The summed E-state index contributed by atoms with van der Waals surface area (Å²) in [5.41, 5.74) is 4.55. The predicted octanol–water partition coefficient (Wildman–Crippen LogP) is 4.24. The molecule has 0 fully saturated rings. The maximum atomic E-state index is 4.60. The lowest BCUT2D eigenvalue weighted by molar-refractivity contribution is 0.417. The molecule has 0 aromatic carbocycles. The average molecular weight is 281 g/mol. The second kappa shape index (κ2) is 7.58. The zero-order valence-corrected chi connectivity index (χ0v) is 13.1. The fourth-order valence-electron chi connectivity index (χ4n) is 2.58. The van der Waals surface area contributed by atoms with Crippen LogP contribution in [0.2, 0.25) is 0 Å². The van der Waals surface area contributed by atoms with Gasteiger partial charge in [-0.2, -0.15) is 0 Å². The second-order valence-electron chi connectivity index (χ2n) is 4.89. The number of pyridine rings is 2. The first-order chi connectivity index (χ1) is 10.3. The van der Waals surface area contributed by atoms with E-state index in [4.69, 9.17) is 0 Å². The summed E-state index contributed by atoms with van der Waals surface area (Å²) < 4.78 is 0. The summed E-state index contributed by atoms with van der Waals surface area (Å²) >= 11 is 0. The molecular formula is C18H23N3. The first-order valence-electron chi connectivity index (χ1n) is 7.58. The third-order valence-corrected chi connectivity index (χ3v) is 3.53. The van der Waals surface area contributed by atoms with Gasteiger partial charge < -0.3 is 4.90 Å². The van der Waals surface area contributed by atoms with E-state index in [1.807, 2.05) is 36.8 Å². The standard InChI is InChI=1S/C18H23N3/c1-4-14-21(6-3)17(5-2)16-8-7-11-20-18(16)15-9-12-19-13-10-15/h5,7-13H,4,6,14H2,1-3H3/b17-5-. The molecule has 0 radical (unpaired) electrons. The van der Waals surface area contributed by atoms with Gasteiger partial charge in [-0.15, -0.1) is 0 Å². The van der Waals surface area contributed by atoms with Crippen molar-refractivity contribution in [2.75, 3.05) is 13.1 Å². The van der Waals surface area contributed by atoms with Crippen molar-refractivity contribution in [1.29, 1.82) is 0 Å². The molecule has 0 saturated carbocycles. The summed E-state index contributed by atoms with van der Waals surface area (Å²) in [6, 6.07) is 8.17. The largest absolute Gasteiger partial charge is 0.372 e. The number of hydrogen-bond donors (Lipinski definition) is 0. The van der Waals surface area contributed by atoms with E-state index in [1.165, 1.54) is 11.3 Å². The third-order valence-electron chi connectivity index (χ3n) is 3.53. The van der Waals surface area contributed by atoms with Gasteiger partial charge in [0.15, 0.2) is 0 Å². The monoisotopic (exact) mass is 281 g/mol. The number of allylic oxidation sites excluding steroid dienone is 1. The Morgan fingerprint density at radius 3 is 2.52 bits per heavy atom. The first-order valence-corrected chi connectivity index (χ1v) is 7.58. The molecule has 2 aromatic heterocycles. The van der Waals surface area contributed by atoms with Crippen molar-refractivity contribution < 1.29 is 0 Å². The Balaban J connectivity index is 2.48. The van der Waals surface area contributed by atoms with E-state index < -0.39 is 0 Å². The molecule has 0 saturated heterocycles. The van der Waals surface area contributed by atoms with Gasteiger partial charge in [-0.3, -0.25) is 9.97 Å². The summed E-state index contributed by atoms with van der Waals surface area (Å²) in [6.45, 7) is 8.56. The summed E-state index contributed by atoms with van der Waals surface area (Å²) in [7, 11) is 0. The van der Waals surface area contributed by atoms with E-state index in [0.717, 1.165) is 30.8 Å². The van der Waals surface area contributed by atoms with Crippen molar-refractivity contribution in [2.45, 2.75) is 27.2 Å². The first kappa shape index (κ1) is 15.2. The van der Waals surface area contributed by atoms with Gasteiger partial charge in [-0.1, -0.05) is 13.0 Å². The fourth-order valence-corrected chi connectivity index (χ4v) is 2.58. The summed E-state index contributed by atoms with van der Waals surface area (Å²) in [5, 5.41) is 0. The molecule has 0 unspecified atom stereocenters. The Kier molecular flexibility index (Phi) is 5.50. The zero-order valence-electron chi connectivity index (χ0n) is 13.1. The van der Waals surface area contributed by atoms with Crippen molar-refractivity contribution in [3.63, 3.8) is 0 Å². The van der Waals surface area contributed by atoms with Crippen LogP contribution in [-0.4, -0.2) is 28.0 Å². The molecule has 0 N–H and O–H groups in total. The lowest BCUT2D eigenvalue weighted by Gasteiger charge is -2.27. The van der Waals surface area contributed by atoms with Crippen LogP contribution in [0.1, 0.15) is 32.8 Å². The van der Waals surface area contributed by atoms with Crippen LogP contribution < -0.4 is 0 Å². The number of aromatic nitrogens is 2. The summed E-state index contributed by atoms with van der Waals surface area (Å²) in [4.78, 5) is 11.1. The zero-order chi connectivity index (χ0) is 15.1. The van der Waals surface area contributed by atoms with E-state index in [2.05, 4.69) is 47.8 Å². The third kappa shape index (κ3) is 3.48. The van der Waals surface area contributed by atoms with E-state index in [-0.39, 0.29) is 0 Å². The number of nitrogens with zero attached hydrogens (tertiary/aromatic N) is 3. The molecule has 110 valence electrons. The Morgan fingerprint density at radius 1 is 1.14 bits per heavy atom. The highest BCUT2D eigenvalue weighted by atomic mass is 15.1. The summed E-state index contributed by atoms with van der Waals surface area (Å²) in [6.07, 6.45) is 8.79. The highest BCUT2D eigenvalue weighted by molar-refractivity contribution is 5.77. The maximum Gasteiger partial charge on any atom is 0.0796 e.